The zero-order chi connectivity index (χ0) is 14.7. The van der Waals surface area contributed by atoms with Gasteiger partial charge in [0.2, 0.25) is 5.91 Å². The Morgan fingerprint density at radius 3 is 2.95 bits per heavy atom. The van der Waals surface area contributed by atoms with Gasteiger partial charge in [-0.1, -0.05) is 23.2 Å². The van der Waals surface area contributed by atoms with Crippen molar-refractivity contribution < 1.29 is 18.7 Å². The van der Waals surface area contributed by atoms with Gasteiger partial charge >= 0.3 is 0 Å². The maximum Gasteiger partial charge on any atom is 0.248 e. The van der Waals surface area contributed by atoms with Crippen molar-refractivity contribution in [3.63, 3.8) is 0 Å². The second kappa shape index (κ2) is 6.72. The molecular weight excluding hydrogens is 308 g/mol. The molecule has 1 aliphatic rings. The zero-order valence-electron chi connectivity index (χ0n) is 10.9. The van der Waals surface area contributed by atoms with Crippen LogP contribution in [-0.4, -0.2) is 44.2 Å². The molecule has 2 rings (SSSR count). The highest BCUT2D eigenvalue weighted by molar-refractivity contribution is 6.35. The van der Waals surface area contributed by atoms with Crippen molar-refractivity contribution in [3.8, 4) is 0 Å². The summed E-state index contributed by atoms with van der Waals surface area (Å²) < 4.78 is 23.9. The van der Waals surface area contributed by atoms with Gasteiger partial charge in [-0.2, -0.15) is 0 Å². The van der Waals surface area contributed by atoms with E-state index in [9.17, 15) is 9.18 Å². The fraction of sp³-hybridized carbons (Fsp3) is 0.462. The molecule has 1 aliphatic heterocycles. The van der Waals surface area contributed by atoms with E-state index in [1.54, 1.807) is 4.90 Å². The van der Waals surface area contributed by atoms with E-state index in [0.29, 0.717) is 30.3 Å². The van der Waals surface area contributed by atoms with Gasteiger partial charge in [-0.05, 0) is 12.1 Å². The topological polar surface area (TPSA) is 38.8 Å². The van der Waals surface area contributed by atoms with E-state index in [2.05, 4.69) is 0 Å². The molecule has 1 saturated heterocycles. The first kappa shape index (κ1) is 15.5. The van der Waals surface area contributed by atoms with E-state index >= 15 is 0 Å². The summed E-state index contributed by atoms with van der Waals surface area (Å²) in [7, 11) is 1.46. The van der Waals surface area contributed by atoms with Crippen LogP contribution >= 0.6 is 23.2 Å². The van der Waals surface area contributed by atoms with Gasteiger partial charge in [0.05, 0.1) is 18.2 Å². The van der Waals surface area contributed by atoms with Crippen molar-refractivity contribution in [2.24, 2.45) is 0 Å². The fourth-order valence-corrected chi connectivity index (χ4v) is 2.57. The molecule has 1 amide bonds. The molecule has 1 heterocycles. The van der Waals surface area contributed by atoms with Crippen molar-refractivity contribution in [1.29, 1.82) is 0 Å². The molecular formula is C13H14Cl2FNO3. The number of halogens is 3. The van der Waals surface area contributed by atoms with Crippen molar-refractivity contribution >= 4 is 29.1 Å². The summed E-state index contributed by atoms with van der Waals surface area (Å²) >= 11 is 11.7. The minimum atomic E-state index is -0.560. The van der Waals surface area contributed by atoms with Gasteiger partial charge < -0.3 is 14.4 Å². The number of nitrogens with zero attached hydrogens (tertiary/aromatic N) is 1. The largest absolute Gasteiger partial charge is 0.375 e. The molecule has 20 heavy (non-hydrogen) atoms. The lowest BCUT2D eigenvalue weighted by molar-refractivity contribution is -0.142. The number of hydrogen-bond acceptors (Lipinski definition) is 3. The van der Waals surface area contributed by atoms with Gasteiger partial charge in [-0.15, -0.1) is 0 Å². The summed E-state index contributed by atoms with van der Waals surface area (Å²) in [6, 6.07) is 2.59. The minimum Gasteiger partial charge on any atom is -0.375 e. The van der Waals surface area contributed by atoms with Crippen molar-refractivity contribution in [3.05, 3.63) is 33.6 Å². The van der Waals surface area contributed by atoms with Crippen LogP contribution in [0.2, 0.25) is 10.0 Å². The Labute approximate surface area is 126 Å². The Hall–Kier alpha value is -0.880. The Morgan fingerprint density at radius 2 is 2.25 bits per heavy atom. The fourth-order valence-electron chi connectivity index (χ4n) is 2.06. The molecule has 1 aromatic rings. The first-order valence-corrected chi connectivity index (χ1v) is 6.81. The van der Waals surface area contributed by atoms with E-state index in [1.807, 2.05) is 0 Å². The number of amides is 1. The van der Waals surface area contributed by atoms with Gasteiger partial charge in [0.25, 0.3) is 0 Å². The number of methoxy groups -OCH3 is 1. The van der Waals surface area contributed by atoms with Gasteiger partial charge in [-0.3, -0.25) is 4.79 Å². The molecule has 0 N–H and O–H groups in total. The molecule has 0 unspecified atom stereocenters. The van der Waals surface area contributed by atoms with Crippen molar-refractivity contribution in [1.82, 2.24) is 4.90 Å². The van der Waals surface area contributed by atoms with E-state index < -0.39 is 11.9 Å². The van der Waals surface area contributed by atoms with Gasteiger partial charge in [0, 0.05) is 24.2 Å². The third kappa shape index (κ3) is 3.41. The third-order valence-electron chi connectivity index (χ3n) is 3.07. The highest BCUT2D eigenvalue weighted by atomic mass is 35.5. The highest BCUT2D eigenvalue weighted by Crippen LogP contribution is 2.32. The molecule has 7 heteroatoms. The van der Waals surface area contributed by atoms with Crippen LogP contribution in [0.4, 0.5) is 4.39 Å². The summed E-state index contributed by atoms with van der Waals surface area (Å²) in [6.07, 6.45) is -0.469. The smallest absolute Gasteiger partial charge is 0.248 e. The summed E-state index contributed by atoms with van der Waals surface area (Å²) in [6.45, 7) is 1.16. The summed E-state index contributed by atoms with van der Waals surface area (Å²) in [5.41, 5.74) is 0.489. The monoisotopic (exact) mass is 321 g/mol. The molecule has 4 nitrogen and oxygen atoms in total. The van der Waals surface area contributed by atoms with E-state index in [1.165, 1.54) is 19.2 Å². The lowest BCUT2D eigenvalue weighted by atomic mass is 10.1. The van der Waals surface area contributed by atoms with Gasteiger partial charge in [0.1, 0.15) is 18.5 Å². The summed E-state index contributed by atoms with van der Waals surface area (Å²) in [4.78, 5) is 13.4. The van der Waals surface area contributed by atoms with Crippen LogP contribution in [0.25, 0.3) is 0 Å². The second-order valence-corrected chi connectivity index (χ2v) is 5.23. The van der Waals surface area contributed by atoms with E-state index in [0.717, 1.165) is 0 Å². The van der Waals surface area contributed by atoms with Crippen LogP contribution in [0.15, 0.2) is 12.1 Å². The number of rotatable bonds is 3. The second-order valence-electron chi connectivity index (χ2n) is 4.42. The van der Waals surface area contributed by atoms with Crippen LogP contribution < -0.4 is 0 Å². The summed E-state index contributed by atoms with van der Waals surface area (Å²) in [5.74, 6) is -0.693. The standard InChI is InChI=1S/C13H14Cl2FNO3/c1-19-7-13(18)17-2-3-20-12(6-17)8-4-11(16)10(15)5-9(8)14/h4-5,12H,2-3,6-7H2,1H3/t12-/m1/s1. The Balaban J connectivity index is 2.17. The predicted molar refractivity (Wildman–Crippen MR) is 73.6 cm³/mol. The van der Waals surface area contributed by atoms with Gasteiger partial charge in [-0.25, -0.2) is 4.39 Å². The normalized spacial score (nSPS) is 19.2. The first-order valence-electron chi connectivity index (χ1n) is 6.05. The zero-order valence-corrected chi connectivity index (χ0v) is 12.4. The predicted octanol–water partition coefficient (Wildman–Crippen LogP) is 2.68. The lowest BCUT2D eigenvalue weighted by Crippen LogP contribution is -2.43. The maximum absolute atomic E-state index is 13.5. The minimum absolute atomic E-state index is 0.00936. The van der Waals surface area contributed by atoms with Crippen molar-refractivity contribution in [2.75, 3.05) is 33.4 Å². The number of carbonyl (C=O) groups excluding carboxylic acids is 1. The molecule has 1 atom stereocenters. The Morgan fingerprint density at radius 1 is 1.50 bits per heavy atom. The number of morpholine rings is 1. The Kier molecular flexibility index (Phi) is 5.21. The van der Waals surface area contributed by atoms with Crippen LogP contribution in [-0.2, 0) is 14.3 Å². The lowest BCUT2D eigenvalue weighted by Gasteiger charge is -2.33. The molecule has 0 aromatic heterocycles. The van der Waals surface area contributed by atoms with E-state index in [-0.39, 0.29) is 17.5 Å². The number of benzene rings is 1. The molecule has 110 valence electrons. The SMILES string of the molecule is COCC(=O)N1CCO[C@@H](c2cc(F)c(Cl)cc2Cl)C1. The summed E-state index contributed by atoms with van der Waals surface area (Å²) in [5, 5.41) is 0.282. The molecule has 0 saturated carbocycles. The molecule has 0 aliphatic carbocycles. The quantitative estimate of drug-likeness (QED) is 0.803. The molecule has 1 fully saturated rings. The average Bonchev–Trinajstić information content (AvgIpc) is 2.43. The van der Waals surface area contributed by atoms with Crippen LogP contribution in [0, 0.1) is 5.82 Å². The van der Waals surface area contributed by atoms with Crippen LogP contribution in [0.1, 0.15) is 11.7 Å². The maximum atomic E-state index is 13.5. The van der Waals surface area contributed by atoms with Crippen LogP contribution in [0.3, 0.4) is 0 Å². The molecule has 0 bridgehead atoms. The number of carbonyl (C=O) groups is 1. The first-order chi connectivity index (χ1) is 9.52. The number of ether oxygens (including phenoxy) is 2. The van der Waals surface area contributed by atoms with Gasteiger partial charge in [0.15, 0.2) is 0 Å². The molecule has 1 aromatic carbocycles. The van der Waals surface area contributed by atoms with Crippen LogP contribution in [0.5, 0.6) is 0 Å². The van der Waals surface area contributed by atoms with E-state index in [4.69, 9.17) is 32.7 Å². The van der Waals surface area contributed by atoms with Crippen molar-refractivity contribution in [2.45, 2.75) is 6.10 Å². The average molecular weight is 322 g/mol. The third-order valence-corrected chi connectivity index (χ3v) is 3.69. The number of hydrogen-bond donors (Lipinski definition) is 0. The molecule has 0 radical (unpaired) electrons. The Bertz CT molecular complexity index is 513. The molecule has 0 spiro atoms. The highest BCUT2D eigenvalue weighted by Gasteiger charge is 2.27.